The van der Waals surface area contributed by atoms with E-state index in [4.69, 9.17) is 20.7 Å². The molecule has 1 fully saturated rings. The van der Waals surface area contributed by atoms with Crippen molar-refractivity contribution < 1.29 is 23.9 Å². The minimum atomic E-state index is -0.916. The van der Waals surface area contributed by atoms with E-state index in [0.29, 0.717) is 37.3 Å². The Kier molecular flexibility index (Phi) is 5.73. The zero-order chi connectivity index (χ0) is 20.3. The number of carbonyl (C=O) groups is 2. The number of terminal acetylenes is 1. The number of aryl methyl sites for hydroxylation is 2. The van der Waals surface area contributed by atoms with Crippen LogP contribution in [0, 0.1) is 26.2 Å². The summed E-state index contributed by atoms with van der Waals surface area (Å²) in [4.78, 5) is 30.5. The number of ether oxygens (including phenoxy) is 2. The van der Waals surface area contributed by atoms with Gasteiger partial charge in [0, 0.05) is 13.1 Å². The molecule has 0 radical (unpaired) electrons. The standard InChI is InChI=1S/C21H24N2O5/c1-5-12-27-20(25)28-18-17(16-13-14(2)6-7-15(16)3)19(24)22-21(18)8-10-23(26-4)11-9-21/h1,6-7,13H,8-12H2,2-4H3,(H,22,24). The quantitative estimate of drug-likeness (QED) is 0.634. The molecule has 0 bridgehead atoms. The molecular weight excluding hydrogens is 360 g/mol. The SMILES string of the molecule is C#CCOC(=O)OC1=C(c2cc(C)ccc2C)C(=O)NC12CCN(OC)CC2. The summed E-state index contributed by atoms with van der Waals surface area (Å²) >= 11 is 0. The number of rotatable bonds is 4. The van der Waals surface area contributed by atoms with Crippen LogP contribution in [0.15, 0.2) is 24.0 Å². The van der Waals surface area contributed by atoms with E-state index in [1.54, 1.807) is 7.11 Å². The second-order valence-corrected chi connectivity index (χ2v) is 7.02. The van der Waals surface area contributed by atoms with Crippen LogP contribution < -0.4 is 5.32 Å². The summed E-state index contributed by atoms with van der Waals surface area (Å²) in [6.07, 6.45) is 5.31. The fourth-order valence-electron chi connectivity index (χ4n) is 3.69. The first-order valence-electron chi connectivity index (χ1n) is 9.12. The van der Waals surface area contributed by atoms with Gasteiger partial charge in [0.1, 0.15) is 5.54 Å². The van der Waals surface area contributed by atoms with Crippen LogP contribution in [0.2, 0.25) is 0 Å². The lowest BCUT2D eigenvalue weighted by Crippen LogP contribution is -2.53. The molecule has 1 amide bonds. The van der Waals surface area contributed by atoms with Crippen molar-refractivity contribution in [2.24, 2.45) is 0 Å². The van der Waals surface area contributed by atoms with Crippen molar-refractivity contribution >= 4 is 17.6 Å². The summed E-state index contributed by atoms with van der Waals surface area (Å²) in [5, 5.41) is 4.86. The molecule has 7 heteroatoms. The summed E-state index contributed by atoms with van der Waals surface area (Å²) in [6.45, 7) is 4.84. The van der Waals surface area contributed by atoms with Crippen molar-refractivity contribution in [2.75, 3.05) is 26.8 Å². The highest BCUT2D eigenvalue weighted by Crippen LogP contribution is 2.41. The van der Waals surface area contributed by atoms with Crippen molar-refractivity contribution in [1.82, 2.24) is 10.4 Å². The maximum Gasteiger partial charge on any atom is 0.514 e. The third kappa shape index (κ3) is 3.75. The molecule has 2 aliphatic heterocycles. The first-order valence-corrected chi connectivity index (χ1v) is 9.12. The maximum atomic E-state index is 13.0. The Morgan fingerprint density at radius 1 is 1.32 bits per heavy atom. The number of piperidine rings is 1. The molecule has 0 unspecified atom stereocenters. The Morgan fingerprint density at radius 2 is 2.04 bits per heavy atom. The number of amides is 1. The highest BCUT2D eigenvalue weighted by Gasteiger charge is 2.50. The molecule has 2 heterocycles. The van der Waals surface area contributed by atoms with Gasteiger partial charge in [0.05, 0.1) is 12.7 Å². The van der Waals surface area contributed by atoms with E-state index in [1.807, 2.05) is 37.1 Å². The number of hydrogen-bond donors (Lipinski definition) is 1. The van der Waals surface area contributed by atoms with Crippen LogP contribution in [-0.2, 0) is 19.1 Å². The van der Waals surface area contributed by atoms with Gasteiger partial charge in [-0.15, -0.1) is 6.42 Å². The van der Waals surface area contributed by atoms with Gasteiger partial charge in [-0.1, -0.05) is 29.7 Å². The zero-order valence-electron chi connectivity index (χ0n) is 16.3. The summed E-state index contributed by atoms with van der Waals surface area (Å²) in [7, 11) is 1.61. The van der Waals surface area contributed by atoms with Crippen LogP contribution in [0.1, 0.15) is 29.5 Å². The van der Waals surface area contributed by atoms with Crippen molar-refractivity contribution in [3.63, 3.8) is 0 Å². The molecule has 0 aromatic heterocycles. The van der Waals surface area contributed by atoms with Crippen LogP contribution >= 0.6 is 0 Å². The topological polar surface area (TPSA) is 77.1 Å². The minimum Gasteiger partial charge on any atom is -0.421 e. The normalized spacial score (nSPS) is 18.7. The van der Waals surface area contributed by atoms with Crippen LogP contribution in [0.5, 0.6) is 0 Å². The number of nitrogens with zero attached hydrogens (tertiary/aromatic N) is 1. The molecule has 1 saturated heterocycles. The van der Waals surface area contributed by atoms with Crippen molar-refractivity contribution in [3.05, 3.63) is 40.6 Å². The Labute approximate surface area is 164 Å². The molecule has 1 aromatic rings. The van der Waals surface area contributed by atoms with Crippen molar-refractivity contribution in [2.45, 2.75) is 32.2 Å². The van der Waals surface area contributed by atoms with Gasteiger partial charge in [0.2, 0.25) is 0 Å². The third-order valence-electron chi connectivity index (χ3n) is 5.20. The van der Waals surface area contributed by atoms with Gasteiger partial charge in [-0.25, -0.2) is 4.79 Å². The zero-order valence-corrected chi connectivity index (χ0v) is 16.3. The van der Waals surface area contributed by atoms with Gasteiger partial charge in [0.15, 0.2) is 12.4 Å². The van der Waals surface area contributed by atoms with E-state index in [0.717, 1.165) is 16.7 Å². The summed E-state index contributed by atoms with van der Waals surface area (Å²) in [5.74, 6) is 2.26. The molecule has 28 heavy (non-hydrogen) atoms. The van der Waals surface area contributed by atoms with E-state index in [1.165, 1.54) is 0 Å². The highest BCUT2D eigenvalue weighted by molar-refractivity contribution is 6.23. The van der Waals surface area contributed by atoms with E-state index >= 15 is 0 Å². The fourth-order valence-corrected chi connectivity index (χ4v) is 3.69. The number of carbonyl (C=O) groups excluding carboxylic acids is 2. The van der Waals surface area contributed by atoms with E-state index < -0.39 is 11.7 Å². The minimum absolute atomic E-state index is 0.198. The van der Waals surface area contributed by atoms with Crippen LogP contribution in [0.25, 0.3) is 5.57 Å². The van der Waals surface area contributed by atoms with Gasteiger partial charge in [-0.05, 0) is 37.8 Å². The number of nitrogens with one attached hydrogen (secondary N) is 1. The summed E-state index contributed by atoms with van der Waals surface area (Å²) in [5.41, 5.74) is 2.24. The van der Waals surface area contributed by atoms with Gasteiger partial charge >= 0.3 is 6.16 Å². The molecule has 1 spiro atoms. The second-order valence-electron chi connectivity index (χ2n) is 7.02. The predicted octanol–water partition coefficient (Wildman–Crippen LogP) is 2.33. The monoisotopic (exact) mass is 384 g/mol. The molecular formula is C21H24N2O5. The molecule has 0 aliphatic carbocycles. The number of benzene rings is 1. The van der Waals surface area contributed by atoms with Gasteiger partial charge in [0.25, 0.3) is 5.91 Å². The second kappa shape index (κ2) is 8.05. The molecule has 7 nitrogen and oxygen atoms in total. The number of hydrogen-bond acceptors (Lipinski definition) is 6. The lowest BCUT2D eigenvalue weighted by Gasteiger charge is -2.38. The van der Waals surface area contributed by atoms with Crippen molar-refractivity contribution in [1.29, 1.82) is 0 Å². The van der Waals surface area contributed by atoms with E-state index in [-0.39, 0.29) is 12.5 Å². The molecule has 0 saturated carbocycles. The lowest BCUT2D eigenvalue weighted by atomic mass is 9.85. The largest absolute Gasteiger partial charge is 0.514 e. The molecule has 0 atom stereocenters. The third-order valence-corrected chi connectivity index (χ3v) is 5.20. The summed E-state index contributed by atoms with van der Waals surface area (Å²) in [6, 6.07) is 5.84. The van der Waals surface area contributed by atoms with Gasteiger partial charge in [-0.3, -0.25) is 4.79 Å². The predicted molar refractivity (Wildman–Crippen MR) is 103 cm³/mol. The Balaban J connectivity index is 2.06. The number of hydroxylamine groups is 2. The average Bonchev–Trinajstić information content (AvgIpc) is 2.93. The first kappa shape index (κ1) is 19.9. The van der Waals surface area contributed by atoms with E-state index in [2.05, 4.69) is 11.2 Å². The Bertz CT molecular complexity index is 860. The lowest BCUT2D eigenvalue weighted by molar-refractivity contribution is -0.152. The molecule has 2 aliphatic rings. The van der Waals surface area contributed by atoms with Gasteiger partial charge < -0.3 is 19.6 Å². The average molecular weight is 384 g/mol. The molecule has 1 N–H and O–H groups in total. The van der Waals surface area contributed by atoms with Gasteiger partial charge in [-0.2, -0.15) is 5.06 Å². The van der Waals surface area contributed by atoms with Crippen LogP contribution in [0.4, 0.5) is 4.79 Å². The highest BCUT2D eigenvalue weighted by atomic mass is 16.7. The van der Waals surface area contributed by atoms with E-state index in [9.17, 15) is 9.59 Å². The molecule has 148 valence electrons. The Morgan fingerprint density at radius 3 is 2.68 bits per heavy atom. The van der Waals surface area contributed by atoms with Crippen LogP contribution in [0.3, 0.4) is 0 Å². The molecule has 1 aromatic carbocycles. The molecule has 3 rings (SSSR count). The summed E-state index contributed by atoms with van der Waals surface area (Å²) < 4.78 is 10.5. The smallest absolute Gasteiger partial charge is 0.421 e. The Hall–Kier alpha value is -2.82. The van der Waals surface area contributed by atoms with Crippen LogP contribution in [-0.4, -0.2) is 49.5 Å². The van der Waals surface area contributed by atoms with Crippen molar-refractivity contribution in [3.8, 4) is 12.3 Å². The fraction of sp³-hybridized carbons (Fsp3) is 0.429. The first-order chi connectivity index (χ1) is 13.4. The maximum absolute atomic E-state index is 13.0.